The van der Waals surface area contributed by atoms with Gasteiger partial charge in [-0.2, -0.15) is 0 Å². The fourth-order valence-electron chi connectivity index (χ4n) is 7.17. The Hall–Kier alpha value is -1.06. The van der Waals surface area contributed by atoms with Gasteiger partial charge in [0.1, 0.15) is 0 Å². The smallest absolute Gasteiger partial charge is 0.393 e. The van der Waals surface area contributed by atoms with Gasteiger partial charge in [-0.15, -0.1) is 0 Å². The van der Waals surface area contributed by atoms with Gasteiger partial charge in [0.2, 0.25) is 5.91 Å². The summed E-state index contributed by atoms with van der Waals surface area (Å²) < 4.78 is 22.1. The lowest BCUT2D eigenvalue weighted by Crippen LogP contribution is -2.46. The molecule has 4 unspecified atom stereocenters. The lowest BCUT2D eigenvalue weighted by Gasteiger charge is -2.24. The zero-order chi connectivity index (χ0) is 41.9. The number of unbranched alkanes of at least 4 members (excludes halogenated alkanes) is 29. The van der Waals surface area contributed by atoms with Crippen LogP contribution in [-0.2, 0) is 18.4 Å². The number of aliphatic hydroxyl groups excluding tert-OH is 2. The molecule has 0 aliphatic rings. The summed E-state index contributed by atoms with van der Waals surface area (Å²) in [5.74, 6) is -0.449. The first-order valence-corrected chi connectivity index (χ1v) is 25.5. The molecule has 0 bridgehead atoms. The van der Waals surface area contributed by atoms with Crippen LogP contribution in [0.4, 0.5) is 0 Å². The molecule has 57 heavy (non-hydrogen) atoms. The molecule has 0 aromatic rings. The zero-order valence-electron chi connectivity index (χ0n) is 37.2. The molecule has 338 valence electrons. The van der Waals surface area contributed by atoms with E-state index in [4.69, 9.17) is 14.8 Å². The SMILES string of the molecule is CCCCCCCCCCCCCC/C=C\CCCCCCCC(O)CC(=O)NC(COP(=O)(O)OCCN)C(O)/C=C/CCCCCCCCCCCCCC. The summed E-state index contributed by atoms with van der Waals surface area (Å²) in [4.78, 5) is 22.8. The van der Waals surface area contributed by atoms with E-state index < -0.39 is 38.6 Å². The number of hydrogen-bond donors (Lipinski definition) is 5. The summed E-state index contributed by atoms with van der Waals surface area (Å²) in [6.45, 7) is 3.99. The van der Waals surface area contributed by atoms with Crippen LogP contribution in [0.2, 0.25) is 0 Å². The van der Waals surface area contributed by atoms with E-state index in [1.165, 1.54) is 154 Å². The van der Waals surface area contributed by atoms with Gasteiger partial charge in [0, 0.05) is 6.54 Å². The van der Waals surface area contributed by atoms with Crippen molar-refractivity contribution in [3.8, 4) is 0 Å². The minimum absolute atomic E-state index is 0.0490. The molecule has 0 heterocycles. The Bertz CT molecular complexity index is 966. The summed E-state index contributed by atoms with van der Waals surface area (Å²) in [6.07, 6.45) is 47.0. The number of allylic oxidation sites excluding steroid dienone is 3. The molecule has 0 aromatic carbocycles. The maximum absolute atomic E-state index is 12.8. The van der Waals surface area contributed by atoms with Crippen LogP contribution in [0.3, 0.4) is 0 Å². The predicted octanol–water partition coefficient (Wildman–Crippen LogP) is 12.7. The molecular weight excluding hydrogens is 735 g/mol. The molecule has 0 aliphatic heterocycles. The van der Waals surface area contributed by atoms with Gasteiger partial charge >= 0.3 is 7.82 Å². The number of nitrogens with one attached hydrogen (secondary N) is 1. The molecule has 0 spiro atoms. The molecule has 0 aliphatic carbocycles. The second-order valence-electron chi connectivity index (χ2n) is 16.5. The molecule has 6 N–H and O–H groups in total. The predicted molar refractivity (Wildman–Crippen MR) is 241 cm³/mol. The van der Waals surface area contributed by atoms with Gasteiger partial charge < -0.3 is 26.2 Å². The van der Waals surface area contributed by atoms with E-state index in [9.17, 15) is 24.5 Å². The minimum atomic E-state index is -4.40. The normalized spacial score (nSPS) is 14.7. The summed E-state index contributed by atoms with van der Waals surface area (Å²) in [6, 6.07) is -0.983. The molecule has 1 amide bonds. The van der Waals surface area contributed by atoms with Crippen molar-refractivity contribution in [2.45, 2.75) is 250 Å². The molecule has 0 saturated heterocycles. The summed E-state index contributed by atoms with van der Waals surface area (Å²) in [5, 5.41) is 24.1. The lowest BCUT2D eigenvalue weighted by atomic mass is 10.0. The molecule has 4 atom stereocenters. The lowest BCUT2D eigenvalue weighted by molar-refractivity contribution is -0.124. The molecule has 0 rings (SSSR count). The van der Waals surface area contributed by atoms with Crippen LogP contribution in [0, 0.1) is 0 Å². The van der Waals surface area contributed by atoms with Gasteiger partial charge in [0.15, 0.2) is 0 Å². The monoisotopic (exact) mass is 829 g/mol. The van der Waals surface area contributed by atoms with Crippen molar-refractivity contribution in [2.75, 3.05) is 19.8 Å². The number of carbonyl (C=O) groups excluding carboxylic acids is 1. The van der Waals surface area contributed by atoms with E-state index in [0.717, 1.165) is 51.4 Å². The van der Waals surface area contributed by atoms with E-state index in [0.29, 0.717) is 6.42 Å². The molecule has 9 nitrogen and oxygen atoms in total. The Morgan fingerprint density at radius 1 is 0.596 bits per heavy atom. The first-order chi connectivity index (χ1) is 27.8. The first-order valence-electron chi connectivity index (χ1n) is 24.0. The highest BCUT2D eigenvalue weighted by Crippen LogP contribution is 2.43. The Balaban J connectivity index is 4.20. The van der Waals surface area contributed by atoms with Crippen LogP contribution in [-0.4, -0.2) is 59.0 Å². The highest BCUT2D eigenvalue weighted by atomic mass is 31.2. The molecule has 0 fully saturated rings. The van der Waals surface area contributed by atoms with Crippen molar-refractivity contribution in [1.82, 2.24) is 5.32 Å². The van der Waals surface area contributed by atoms with E-state index >= 15 is 0 Å². The summed E-state index contributed by atoms with van der Waals surface area (Å²) in [5.41, 5.74) is 5.37. The average Bonchev–Trinajstić information content (AvgIpc) is 3.19. The van der Waals surface area contributed by atoms with E-state index in [1.807, 2.05) is 6.08 Å². The van der Waals surface area contributed by atoms with Crippen LogP contribution in [0.1, 0.15) is 232 Å². The van der Waals surface area contributed by atoms with Gasteiger partial charge in [-0.3, -0.25) is 13.8 Å². The van der Waals surface area contributed by atoms with Crippen molar-refractivity contribution < 1.29 is 33.5 Å². The Labute approximate surface area is 351 Å². The topological polar surface area (TPSA) is 151 Å². The fourth-order valence-corrected chi connectivity index (χ4v) is 7.93. The second-order valence-corrected chi connectivity index (χ2v) is 18.0. The van der Waals surface area contributed by atoms with Gasteiger partial charge in [-0.05, 0) is 44.9 Å². The Morgan fingerprint density at radius 2 is 0.982 bits per heavy atom. The zero-order valence-corrected chi connectivity index (χ0v) is 38.1. The number of phosphoric ester groups is 1. The number of amides is 1. The van der Waals surface area contributed by atoms with E-state index in [2.05, 4.69) is 31.3 Å². The summed E-state index contributed by atoms with van der Waals surface area (Å²) in [7, 11) is -4.40. The molecular formula is C47H93N2O7P. The van der Waals surface area contributed by atoms with Crippen LogP contribution < -0.4 is 11.1 Å². The fraction of sp³-hybridized carbons (Fsp3) is 0.894. The highest BCUT2D eigenvalue weighted by Gasteiger charge is 2.27. The number of phosphoric acid groups is 1. The Morgan fingerprint density at radius 3 is 1.40 bits per heavy atom. The van der Waals surface area contributed by atoms with Crippen LogP contribution >= 0.6 is 7.82 Å². The number of rotatable bonds is 45. The molecule has 0 saturated carbocycles. The quantitative estimate of drug-likeness (QED) is 0.0231. The van der Waals surface area contributed by atoms with Crippen LogP contribution in [0.5, 0.6) is 0 Å². The van der Waals surface area contributed by atoms with Gasteiger partial charge in [0.05, 0.1) is 37.9 Å². The van der Waals surface area contributed by atoms with Crippen molar-refractivity contribution in [2.24, 2.45) is 5.73 Å². The van der Waals surface area contributed by atoms with Gasteiger partial charge in [-0.25, -0.2) is 4.57 Å². The number of hydrogen-bond acceptors (Lipinski definition) is 7. The number of aliphatic hydroxyl groups is 2. The van der Waals surface area contributed by atoms with Gasteiger partial charge in [0.25, 0.3) is 0 Å². The molecule has 0 aromatic heterocycles. The third kappa shape index (κ3) is 41.5. The van der Waals surface area contributed by atoms with E-state index in [1.54, 1.807) is 6.08 Å². The largest absolute Gasteiger partial charge is 0.472 e. The standard InChI is InChI=1S/C47H93N2O7P/c1-3-5-7-9-11-13-15-17-19-20-21-22-23-24-25-26-28-30-32-34-36-38-44(50)42-47(52)49-45(43-56-57(53,54)55-41-40-48)46(51)39-37-35-33-31-29-27-18-16-14-12-10-8-6-4-2/h24-25,37,39,44-46,50-51H,3-23,26-36,38,40-43,48H2,1-2H3,(H,49,52)(H,53,54)/b25-24-,39-37+. The van der Waals surface area contributed by atoms with Crippen LogP contribution in [0.15, 0.2) is 24.3 Å². The van der Waals surface area contributed by atoms with Crippen molar-refractivity contribution in [3.05, 3.63) is 24.3 Å². The van der Waals surface area contributed by atoms with Crippen molar-refractivity contribution in [1.29, 1.82) is 0 Å². The van der Waals surface area contributed by atoms with Crippen molar-refractivity contribution >= 4 is 13.7 Å². The number of carbonyl (C=O) groups is 1. The first kappa shape index (κ1) is 55.9. The minimum Gasteiger partial charge on any atom is -0.393 e. The van der Waals surface area contributed by atoms with Crippen molar-refractivity contribution in [3.63, 3.8) is 0 Å². The van der Waals surface area contributed by atoms with E-state index in [-0.39, 0.29) is 19.6 Å². The summed E-state index contributed by atoms with van der Waals surface area (Å²) >= 11 is 0. The molecule has 10 heteroatoms. The highest BCUT2D eigenvalue weighted by molar-refractivity contribution is 7.47. The third-order valence-corrected chi connectivity index (χ3v) is 11.8. The Kier molecular flexibility index (Phi) is 42.2. The second kappa shape index (κ2) is 43.0. The third-order valence-electron chi connectivity index (χ3n) is 10.8. The number of nitrogens with two attached hydrogens (primary N) is 1. The maximum Gasteiger partial charge on any atom is 0.472 e. The maximum atomic E-state index is 12.8. The average molecular weight is 829 g/mol. The van der Waals surface area contributed by atoms with Crippen LogP contribution in [0.25, 0.3) is 0 Å². The molecule has 0 radical (unpaired) electrons. The van der Waals surface area contributed by atoms with Gasteiger partial charge in [-0.1, -0.05) is 205 Å².